The van der Waals surface area contributed by atoms with Gasteiger partial charge in [0, 0.05) is 5.56 Å². The number of benzene rings is 2. The van der Waals surface area contributed by atoms with E-state index in [-0.39, 0.29) is 5.91 Å². The van der Waals surface area contributed by atoms with Crippen LogP contribution in [0.2, 0.25) is 0 Å². The van der Waals surface area contributed by atoms with Gasteiger partial charge in [0.25, 0.3) is 5.91 Å². The van der Waals surface area contributed by atoms with Crippen molar-refractivity contribution >= 4 is 34.4 Å². The molecular formula is C17H17NO3S. The van der Waals surface area contributed by atoms with Gasteiger partial charge in [0.05, 0.1) is 0 Å². The van der Waals surface area contributed by atoms with Crippen LogP contribution in [0, 0.1) is 0 Å². The molecule has 3 rings (SSSR count). The minimum atomic E-state index is -1.14. The number of hydrogen-bond acceptors (Lipinski definition) is 3. The normalized spacial score (nSPS) is 17.1. The van der Waals surface area contributed by atoms with Crippen LogP contribution in [0.4, 0.5) is 0 Å². The van der Waals surface area contributed by atoms with E-state index in [9.17, 15) is 14.7 Å². The monoisotopic (exact) mass is 315 g/mol. The first kappa shape index (κ1) is 14.9. The van der Waals surface area contributed by atoms with Crippen molar-refractivity contribution in [1.29, 1.82) is 0 Å². The van der Waals surface area contributed by atoms with E-state index in [1.54, 1.807) is 17.8 Å². The molecule has 0 aromatic heterocycles. The summed E-state index contributed by atoms with van der Waals surface area (Å²) in [5, 5.41) is 14.2. The first-order chi connectivity index (χ1) is 10.6. The molecule has 0 aliphatic carbocycles. The Hall–Kier alpha value is -2.01. The van der Waals surface area contributed by atoms with Crippen LogP contribution in [0.3, 0.4) is 0 Å². The fourth-order valence-electron chi connectivity index (χ4n) is 2.82. The number of thioether (sulfide) groups is 1. The lowest BCUT2D eigenvalue weighted by Gasteiger charge is -2.33. The molecule has 1 heterocycles. The van der Waals surface area contributed by atoms with Crippen LogP contribution in [0.15, 0.2) is 42.5 Å². The van der Waals surface area contributed by atoms with Crippen LogP contribution >= 0.6 is 11.8 Å². The molecular weight excluding hydrogens is 298 g/mol. The molecule has 0 radical (unpaired) electrons. The third-order valence-corrected chi connectivity index (χ3v) is 5.13. The Labute approximate surface area is 132 Å². The number of carbonyl (C=O) groups is 2. The predicted molar refractivity (Wildman–Crippen MR) is 88.3 cm³/mol. The second-order valence-corrected chi connectivity index (χ2v) is 6.71. The van der Waals surface area contributed by atoms with Gasteiger partial charge in [-0.25, -0.2) is 4.79 Å². The zero-order chi connectivity index (χ0) is 15.6. The molecule has 2 N–H and O–H groups in total. The van der Waals surface area contributed by atoms with Gasteiger partial charge >= 0.3 is 5.97 Å². The minimum Gasteiger partial charge on any atom is -0.480 e. The number of fused-ring (bicyclic) bond motifs is 1. The quantitative estimate of drug-likeness (QED) is 0.914. The summed E-state index contributed by atoms with van der Waals surface area (Å²) >= 11 is 1.73. The van der Waals surface area contributed by atoms with Gasteiger partial charge in [-0.1, -0.05) is 36.4 Å². The summed E-state index contributed by atoms with van der Waals surface area (Å²) in [7, 11) is 0. The standard InChI is InChI=1S/C17H17NO3S/c19-15(18-17(16(20)21)8-10-22-11-9-17)14-7-3-5-12-4-1-2-6-13(12)14/h1-7H,8-11H2,(H,18,19)(H,20,21). The SMILES string of the molecule is O=C(NC1(C(=O)O)CCSCC1)c1cccc2ccccc12. The molecule has 0 atom stereocenters. The van der Waals surface area contributed by atoms with Crippen LogP contribution in [0.1, 0.15) is 23.2 Å². The number of nitrogens with one attached hydrogen (secondary N) is 1. The first-order valence-corrected chi connectivity index (χ1v) is 8.39. The molecule has 1 aliphatic rings. The fraction of sp³-hybridized carbons (Fsp3) is 0.294. The van der Waals surface area contributed by atoms with Gasteiger partial charge in [-0.2, -0.15) is 11.8 Å². The van der Waals surface area contributed by atoms with E-state index in [1.807, 2.05) is 36.4 Å². The van der Waals surface area contributed by atoms with E-state index in [0.717, 1.165) is 22.3 Å². The molecule has 5 heteroatoms. The zero-order valence-electron chi connectivity index (χ0n) is 12.0. The predicted octanol–water partition coefficient (Wildman–Crippen LogP) is 2.92. The molecule has 0 unspecified atom stereocenters. The van der Waals surface area contributed by atoms with Gasteiger partial charge in [-0.05, 0) is 41.2 Å². The van der Waals surface area contributed by atoms with Gasteiger partial charge in [0.15, 0.2) is 0 Å². The van der Waals surface area contributed by atoms with Gasteiger partial charge in [0.2, 0.25) is 0 Å². The topological polar surface area (TPSA) is 66.4 Å². The highest BCUT2D eigenvalue weighted by molar-refractivity contribution is 7.99. The fourth-order valence-corrected chi connectivity index (χ4v) is 4.01. The van der Waals surface area contributed by atoms with Gasteiger partial charge in [0.1, 0.15) is 5.54 Å². The van der Waals surface area contributed by atoms with Crippen molar-refractivity contribution in [3.05, 3.63) is 48.0 Å². The Balaban J connectivity index is 1.94. The summed E-state index contributed by atoms with van der Waals surface area (Å²) in [5.41, 5.74) is -0.615. The molecule has 1 fully saturated rings. The van der Waals surface area contributed by atoms with Crippen LogP contribution < -0.4 is 5.32 Å². The van der Waals surface area contributed by atoms with Crippen molar-refractivity contribution in [2.45, 2.75) is 18.4 Å². The van der Waals surface area contributed by atoms with Crippen LogP contribution in [-0.4, -0.2) is 34.0 Å². The van der Waals surface area contributed by atoms with E-state index in [2.05, 4.69) is 5.32 Å². The minimum absolute atomic E-state index is 0.314. The maximum atomic E-state index is 12.7. The largest absolute Gasteiger partial charge is 0.480 e. The molecule has 114 valence electrons. The second kappa shape index (κ2) is 6.01. The Morgan fingerprint density at radius 1 is 1.05 bits per heavy atom. The lowest BCUT2D eigenvalue weighted by atomic mass is 9.91. The number of aliphatic carboxylic acids is 1. The molecule has 2 aromatic rings. The van der Waals surface area contributed by atoms with Gasteiger partial charge < -0.3 is 10.4 Å². The number of carbonyl (C=O) groups excluding carboxylic acids is 1. The Morgan fingerprint density at radius 3 is 2.45 bits per heavy atom. The molecule has 0 spiro atoms. The maximum Gasteiger partial charge on any atom is 0.329 e. The van der Waals surface area contributed by atoms with Crippen molar-refractivity contribution in [1.82, 2.24) is 5.32 Å². The van der Waals surface area contributed by atoms with E-state index in [1.165, 1.54) is 0 Å². The number of hydrogen-bond donors (Lipinski definition) is 2. The smallest absolute Gasteiger partial charge is 0.329 e. The van der Waals surface area contributed by atoms with Crippen LogP contribution in [0.25, 0.3) is 10.8 Å². The lowest BCUT2D eigenvalue weighted by Crippen LogP contribution is -2.56. The Bertz CT molecular complexity index is 717. The number of rotatable bonds is 3. The molecule has 2 aromatic carbocycles. The Morgan fingerprint density at radius 2 is 1.73 bits per heavy atom. The average Bonchev–Trinajstić information content (AvgIpc) is 2.55. The van der Waals surface area contributed by atoms with E-state index >= 15 is 0 Å². The number of amides is 1. The van der Waals surface area contributed by atoms with Crippen molar-refractivity contribution in [3.63, 3.8) is 0 Å². The van der Waals surface area contributed by atoms with Crippen LogP contribution in [0.5, 0.6) is 0 Å². The molecule has 1 saturated heterocycles. The number of carboxylic acid groups (broad SMARTS) is 1. The molecule has 1 amide bonds. The van der Waals surface area contributed by atoms with Crippen molar-refractivity contribution in [2.24, 2.45) is 0 Å². The molecule has 1 aliphatic heterocycles. The maximum absolute atomic E-state index is 12.7. The summed E-state index contributed by atoms with van der Waals surface area (Å²) in [4.78, 5) is 24.3. The summed E-state index contributed by atoms with van der Waals surface area (Å²) < 4.78 is 0. The third-order valence-electron chi connectivity index (χ3n) is 4.14. The van der Waals surface area contributed by atoms with Crippen molar-refractivity contribution in [2.75, 3.05) is 11.5 Å². The summed E-state index contributed by atoms with van der Waals surface area (Å²) in [5.74, 6) is 0.247. The molecule has 0 saturated carbocycles. The molecule has 0 bridgehead atoms. The molecule has 22 heavy (non-hydrogen) atoms. The van der Waals surface area contributed by atoms with E-state index in [4.69, 9.17) is 0 Å². The highest BCUT2D eigenvalue weighted by Crippen LogP contribution is 2.28. The summed E-state index contributed by atoms with van der Waals surface area (Å²) in [6, 6.07) is 13.1. The summed E-state index contributed by atoms with van der Waals surface area (Å²) in [6.07, 6.45) is 0.924. The Kier molecular flexibility index (Phi) is 4.07. The highest BCUT2D eigenvalue weighted by atomic mass is 32.2. The first-order valence-electron chi connectivity index (χ1n) is 7.24. The van der Waals surface area contributed by atoms with E-state index in [0.29, 0.717) is 18.4 Å². The number of carboxylic acids is 1. The van der Waals surface area contributed by atoms with Crippen molar-refractivity contribution in [3.8, 4) is 0 Å². The zero-order valence-corrected chi connectivity index (χ0v) is 12.9. The van der Waals surface area contributed by atoms with E-state index < -0.39 is 11.5 Å². The summed E-state index contributed by atoms with van der Waals surface area (Å²) in [6.45, 7) is 0. The highest BCUT2D eigenvalue weighted by Gasteiger charge is 2.41. The van der Waals surface area contributed by atoms with Crippen molar-refractivity contribution < 1.29 is 14.7 Å². The van der Waals surface area contributed by atoms with Crippen LogP contribution in [-0.2, 0) is 4.79 Å². The molecule has 4 nitrogen and oxygen atoms in total. The third kappa shape index (κ3) is 2.68. The van der Waals surface area contributed by atoms with Gasteiger partial charge in [-0.15, -0.1) is 0 Å². The lowest BCUT2D eigenvalue weighted by molar-refractivity contribution is -0.144. The average molecular weight is 315 g/mol. The second-order valence-electron chi connectivity index (χ2n) is 5.48. The van der Waals surface area contributed by atoms with Gasteiger partial charge in [-0.3, -0.25) is 4.79 Å².